The van der Waals surface area contributed by atoms with Crippen molar-refractivity contribution in [3.63, 3.8) is 0 Å². The van der Waals surface area contributed by atoms with E-state index in [1.54, 1.807) is 42.7 Å². The number of para-hydroxylation sites is 2. The van der Waals surface area contributed by atoms with Crippen LogP contribution in [0.3, 0.4) is 0 Å². The Morgan fingerprint density at radius 2 is 1.91 bits per heavy atom. The van der Waals surface area contributed by atoms with E-state index in [0.29, 0.717) is 30.0 Å². The molecule has 0 saturated carbocycles. The molecule has 1 atom stereocenters. The number of benzene rings is 2. The number of nitrogens with one attached hydrogen (secondary N) is 1. The zero-order valence-electron chi connectivity index (χ0n) is 17.5. The molecule has 8 heteroatoms. The highest BCUT2D eigenvalue weighted by molar-refractivity contribution is 6.05. The maximum absolute atomic E-state index is 12.5. The number of hydrogen-bond acceptors (Lipinski definition) is 5. The normalized spacial score (nSPS) is 15.4. The van der Waals surface area contributed by atoms with Gasteiger partial charge >= 0.3 is 6.09 Å². The molecule has 0 spiro atoms. The molecule has 1 aliphatic heterocycles. The van der Waals surface area contributed by atoms with E-state index in [4.69, 9.17) is 5.73 Å². The maximum Gasteiger partial charge on any atom is 0.407 e. The summed E-state index contributed by atoms with van der Waals surface area (Å²) in [4.78, 5) is 32.1. The number of nitrogens with zero attached hydrogens (tertiary/aromatic N) is 3. The summed E-state index contributed by atoms with van der Waals surface area (Å²) in [6.07, 6.45) is 3.16. The van der Waals surface area contributed by atoms with Crippen LogP contribution >= 0.6 is 0 Å². The molecule has 2 amide bonds. The van der Waals surface area contributed by atoms with Crippen LogP contribution in [-0.2, 0) is 6.54 Å². The van der Waals surface area contributed by atoms with Crippen molar-refractivity contribution in [3.05, 3.63) is 84.2 Å². The third-order valence-electron chi connectivity index (χ3n) is 5.63. The second-order valence-electron chi connectivity index (χ2n) is 7.75. The van der Waals surface area contributed by atoms with Crippen molar-refractivity contribution in [2.24, 2.45) is 0 Å². The lowest BCUT2D eigenvalue weighted by Gasteiger charge is -2.27. The Balaban J connectivity index is 1.40. The van der Waals surface area contributed by atoms with Gasteiger partial charge in [0.25, 0.3) is 5.91 Å². The third kappa shape index (κ3) is 4.80. The van der Waals surface area contributed by atoms with E-state index in [1.807, 2.05) is 30.3 Å². The van der Waals surface area contributed by atoms with Gasteiger partial charge in [-0.2, -0.15) is 0 Å². The van der Waals surface area contributed by atoms with Crippen molar-refractivity contribution >= 4 is 29.1 Å². The smallest absolute Gasteiger partial charge is 0.407 e. The molecule has 0 aliphatic carbocycles. The first kappa shape index (κ1) is 21.2. The lowest BCUT2D eigenvalue weighted by molar-refractivity contribution is 0.102. The van der Waals surface area contributed by atoms with Crippen molar-refractivity contribution in [2.75, 3.05) is 29.0 Å². The Morgan fingerprint density at radius 3 is 2.59 bits per heavy atom. The second-order valence-corrected chi connectivity index (χ2v) is 7.75. The number of carbonyl (C=O) groups excluding carboxylic acids is 1. The molecule has 1 saturated heterocycles. The van der Waals surface area contributed by atoms with Crippen LogP contribution in [0.5, 0.6) is 0 Å². The molecule has 2 heterocycles. The quantitative estimate of drug-likeness (QED) is 0.514. The molecule has 1 fully saturated rings. The van der Waals surface area contributed by atoms with E-state index in [-0.39, 0.29) is 11.9 Å². The number of nitrogen functional groups attached to an aromatic ring is 1. The number of hydrogen-bond donors (Lipinski definition) is 3. The fourth-order valence-corrected chi connectivity index (χ4v) is 3.90. The van der Waals surface area contributed by atoms with Crippen molar-refractivity contribution in [1.82, 2.24) is 9.88 Å². The summed E-state index contributed by atoms with van der Waals surface area (Å²) >= 11 is 0. The minimum Gasteiger partial charge on any atom is -0.465 e. The van der Waals surface area contributed by atoms with Gasteiger partial charge in [0.1, 0.15) is 0 Å². The number of carbonyl (C=O) groups is 2. The number of rotatable bonds is 6. The lowest BCUT2D eigenvalue weighted by atomic mass is 10.1. The van der Waals surface area contributed by atoms with Gasteiger partial charge in [-0.25, -0.2) is 4.79 Å². The van der Waals surface area contributed by atoms with Crippen molar-refractivity contribution in [1.29, 1.82) is 0 Å². The van der Waals surface area contributed by atoms with Gasteiger partial charge in [-0.05, 0) is 54.4 Å². The van der Waals surface area contributed by atoms with Gasteiger partial charge in [-0.15, -0.1) is 0 Å². The fourth-order valence-electron chi connectivity index (χ4n) is 3.90. The first-order valence-corrected chi connectivity index (χ1v) is 10.4. The van der Waals surface area contributed by atoms with Crippen LogP contribution in [0, 0.1) is 0 Å². The first-order valence-electron chi connectivity index (χ1n) is 10.4. The van der Waals surface area contributed by atoms with Gasteiger partial charge in [-0.1, -0.05) is 18.2 Å². The second kappa shape index (κ2) is 9.38. The number of anilines is 3. The topological polar surface area (TPSA) is 112 Å². The van der Waals surface area contributed by atoms with Crippen molar-refractivity contribution in [2.45, 2.75) is 19.0 Å². The molecule has 32 heavy (non-hydrogen) atoms. The van der Waals surface area contributed by atoms with Crippen molar-refractivity contribution in [3.8, 4) is 0 Å². The number of carboxylic acid groups (broad SMARTS) is 1. The summed E-state index contributed by atoms with van der Waals surface area (Å²) in [5.74, 6) is -0.234. The number of aromatic nitrogens is 1. The third-order valence-corrected chi connectivity index (χ3v) is 5.63. The van der Waals surface area contributed by atoms with Gasteiger partial charge < -0.3 is 21.1 Å². The highest BCUT2D eigenvalue weighted by atomic mass is 16.4. The summed E-state index contributed by atoms with van der Waals surface area (Å²) < 4.78 is 0. The van der Waals surface area contributed by atoms with E-state index >= 15 is 0 Å². The summed E-state index contributed by atoms with van der Waals surface area (Å²) in [5.41, 5.74) is 9.32. The van der Waals surface area contributed by atoms with E-state index in [1.165, 1.54) is 4.90 Å². The number of amides is 2. The van der Waals surface area contributed by atoms with E-state index in [0.717, 1.165) is 24.2 Å². The molecule has 2 aromatic carbocycles. The van der Waals surface area contributed by atoms with E-state index < -0.39 is 6.09 Å². The maximum atomic E-state index is 12.5. The van der Waals surface area contributed by atoms with Gasteiger partial charge in [0.05, 0.1) is 24.0 Å². The van der Waals surface area contributed by atoms with Crippen molar-refractivity contribution < 1.29 is 14.7 Å². The van der Waals surface area contributed by atoms with Crippen LogP contribution in [0.2, 0.25) is 0 Å². The van der Waals surface area contributed by atoms with Crippen LogP contribution in [0.1, 0.15) is 22.3 Å². The van der Waals surface area contributed by atoms with Gasteiger partial charge in [-0.3, -0.25) is 14.7 Å². The molecular weight excluding hydrogens is 406 g/mol. The molecule has 164 valence electrons. The Hall–Kier alpha value is -4.07. The van der Waals surface area contributed by atoms with Gasteiger partial charge in [0.15, 0.2) is 0 Å². The summed E-state index contributed by atoms with van der Waals surface area (Å²) in [7, 11) is 0. The lowest BCUT2D eigenvalue weighted by Crippen LogP contribution is -2.40. The van der Waals surface area contributed by atoms with Crippen LogP contribution in [0.25, 0.3) is 0 Å². The summed E-state index contributed by atoms with van der Waals surface area (Å²) in [6.45, 7) is 1.65. The van der Waals surface area contributed by atoms with E-state index in [9.17, 15) is 14.7 Å². The van der Waals surface area contributed by atoms with Crippen LogP contribution in [0.4, 0.5) is 21.9 Å². The molecule has 3 aromatic rings. The molecule has 0 unspecified atom stereocenters. The predicted octanol–water partition coefficient (Wildman–Crippen LogP) is 3.68. The molecule has 0 bridgehead atoms. The molecule has 4 rings (SSSR count). The summed E-state index contributed by atoms with van der Waals surface area (Å²) in [6, 6.07) is 18.0. The predicted molar refractivity (Wildman–Crippen MR) is 124 cm³/mol. The minimum absolute atomic E-state index is 0.114. The number of pyridine rings is 1. The number of nitrogens with two attached hydrogens (primary N) is 1. The molecule has 4 N–H and O–H groups in total. The van der Waals surface area contributed by atoms with Crippen LogP contribution in [-0.4, -0.2) is 46.1 Å². The Bertz CT molecular complexity index is 1090. The minimum atomic E-state index is -0.937. The average Bonchev–Trinajstić information content (AvgIpc) is 3.29. The van der Waals surface area contributed by atoms with Gasteiger partial charge in [0.2, 0.25) is 0 Å². The Morgan fingerprint density at radius 1 is 1.12 bits per heavy atom. The van der Waals surface area contributed by atoms with Crippen LogP contribution < -0.4 is 16.0 Å². The molecule has 1 aromatic heterocycles. The van der Waals surface area contributed by atoms with Gasteiger partial charge in [0, 0.05) is 36.7 Å². The Kier molecular flexibility index (Phi) is 6.21. The first-order chi connectivity index (χ1) is 15.5. The monoisotopic (exact) mass is 431 g/mol. The SMILES string of the molecule is Nc1ccccc1NC(=O)c1ccc(N2CC[C@H](N(Cc3cccnc3)C(=O)O)C2)cc1. The molecule has 0 radical (unpaired) electrons. The highest BCUT2D eigenvalue weighted by Crippen LogP contribution is 2.25. The Labute approximate surface area is 186 Å². The van der Waals surface area contributed by atoms with E-state index in [2.05, 4.69) is 15.2 Å². The highest BCUT2D eigenvalue weighted by Gasteiger charge is 2.31. The molecule has 8 nitrogen and oxygen atoms in total. The van der Waals surface area contributed by atoms with Crippen LogP contribution in [0.15, 0.2) is 73.1 Å². The average molecular weight is 431 g/mol. The standard InChI is InChI=1S/C24H25N5O3/c25-21-5-1-2-6-22(21)27-23(30)18-7-9-19(10-8-18)28-13-11-20(16-28)29(24(31)32)15-17-4-3-12-26-14-17/h1-10,12,14,20H,11,13,15-16,25H2,(H,27,30)(H,31,32)/t20-/m0/s1. The fraction of sp³-hybridized carbons (Fsp3) is 0.208. The zero-order valence-corrected chi connectivity index (χ0v) is 17.5. The largest absolute Gasteiger partial charge is 0.465 e. The zero-order chi connectivity index (χ0) is 22.5. The molecular formula is C24H25N5O3. The summed E-state index contributed by atoms with van der Waals surface area (Å²) in [5, 5.41) is 12.5. The molecule has 1 aliphatic rings.